The second-order valence-corrected chi connectivity index (χ2v) is 13.6. The zero-order valence-electron chi connectivity index (χ0n) is 28.3. The molecular weight excluding hydrogens is 496 g/mol. The lowest BCUT2D eigenvalue weighted by Gasteiger charge is -2.44. The first-order valence-corrected chi connectivity index (χ1v) is 15.8. The first-order chi connectivity index (χ1) is 18.5. The fraction of sp³-hybridized carbons (Fsp3) is 0.800. The Morgan fingerprint density at radius 3 is 1.82 bits per heavy atom. The van der Waals surface area contributed by atoms with E-state index in [0.717, 1.165) is 82.3 Å². The van der Waals surface area contributed by atoms with E-state index in [4.69, 9.17) is 0 Å². The molecule has 5 heteroatoms. The third kappa shape index (κ3) is 18.4. The first-order valence-electron chi connectivity index (χ1n) is 15.8. The van der Waals surface area contributed by atoms with Crippen LogP contribution in [-0.4, -0.2) is 42.4 Å². The Morgan fingerprint density at radius 2 is 1.32 bits per heavy atom. The second-order valence-electron chi connectivity index (χ2n) is 13.6. The molecular formula is C35H66N2O3. The highest BCUT2D eigenvalue weighted by Gasteiger charge is 2.45. The zero-order chi connectivity index (χ0) is 31.4. The molecule has 1 atom stereocenters. The molecule has 0 rings (SSSR count). The van der Waals surface area contributed by atoms with Gasteiger partial charge in [-0.15, -0.1) is 0 Å². The van der Waals surface area contributed by atoms with Crippen LogP contribution in [0.25, 0.3) is 0 Å². The third-order valence-corrected chi connectivity index (χ3v) is 7.74. The van der Waals surface area contributed by atoms with Crippen LogP contribution in [0.5, 0.6) is 0 Å². The lowest BCUT2D eigenvalue weighted by Crippen LogP contribution is -2.43. The van der Waals surface area contributed by atoms with E-state index in [2.05, 4.69) is 71.8 Å². The van der Waals surface area contributed by atoms with E-state index in [9.17, 15) is 14.4 Å². The summed E-state index contributed by atoms with van der Waals surface area (Å²) in [4.78, 5) is 37.7. The topological polar surface area (TPSA) is 66.5 Å². The number of rotatable bonds is 22. The zero-order valence-corrected chi connectivity index (χ0v) is 28.3. The minimum absolute atomic E-state index is 0.0795. The Hall–Kier alpha value is -1.91. The van der Waals surface area contributed by atoms with Gasteiger partial charge in [0.1, 0.15) is 17.9 Å². The molecule has 0 aromatic rings. The van der Waals surface area contributed by atoms with Gasteiger partial charge in [-0.25, -0.2) is 0 Å². The van der Waals surface area contributed by atoms with Crippen molar-refractivity contribution >= 4 is 17.9 Å². The summed E-state index contributed by atoms with van der Waals surface area (Å²) in [5.41, 5.74) is 1.65. The van der Waals surface area contributed by atoms with Crippen LogP contribution in [0, 0.1) is 16.2 Å². The van der Waals surface area contributed by atoms with Crippen molar-refractivity contribution in [2.24, 2.45) is 16.2 Å². The summed E-state index contributed by atoms with van der Waals surface area (Å²) >= 11 is 0. The number of carbonyl (C=O) groups excluding carboxylic acids is 3. The number of carbonyl (C=O) groups is 3. The lowest BCUT2D eigenvalue weighted by atomic mass is 9.58. The molecule has 0 bridgehead atoms. The Balaban J connectivity index is 0. The summed E-state index contributed by atoms with van der Waals surface area (Å²) in [5, 5.41) is 3.32. The number of hydrogen-bond acceptors (Lipinski definition) is 5. The van der Waals surface area contributed by atoms with Crippen LogP contribution in [-0.2, 0) is 14.4 Å². The van der Waals surface area contributed by atoms with Crippen molar-refractivity contribution in [2.45, 2.75) is 146 Å². The van der Waals surface area contributed by atoms with Crippen molar-refractivity contribution in [3.8, 4) is 0 Å². The normalized spacial score (nSPS) is 12.9. The number of ketones is 2. The van der Waals surface area contributed by atoms with Crippen molar-refractivity contribution in [3.63, 3.8) is 0 Å². The molecule has 40 heavy (non-hydrogen) atoms. The van der Waals surface area contributed by atoms with E-state index in [1.165, 1.54) is 0 Å². The molecule has 0 heterocycles. The number of Topliss-reactive ketones (excluding diaryl/α,β-unsaturated/α-hetero) is 2. The largest absolute Gasteiger partial charge is 0.389 e. The van der Waals surface area contributed by atoms with Gasteiger partial charge >= 0.3 is 0 Å². The second kappa shape index (κ2) is 20.9. The first kappa shape index (κ1) is 40.2. The van der Waals surface area contributed by atoms with Gasteiger partial charge in [-0.1, -0.05) is 88.3 Å². The molecule has 1 N–H and O–H groups in total. The highest BCUT2D eigenvalue weighted by molar-refractivity contribution is 5.85. The Labute approximate surface area is 249 Å². The molecule has 0 aliphatic rings. The number of unbranched alkanes of at least 4 members (excludes halogenated alkanes) is 4. The average molecular weight is 563 g/mol. The highest BCUT2D eigenvalue weighted by Crippen LogP contribution is 2.48. The van der Waals surface area contributed by atoms with Gasteiger partial charge in [0.15, 0.2) is 0 Å². The monoisotopic (exact) mass is 563 g/mol. The van der Waals surface area contributed by atoms with Gasteiger partial charge in [0.2, 0.25) is 0 Å². The minimum Gasteiger partial charge on any atom is -0.389 e. The van der Waals surface area contributed by atoms with E-state index in [-0.39, 0.29) is 22.0 Å². The maximum Gasteiger partial charge on any atom is 0.139 e. The van der Waals surface area contributed by atoms with Gasteiger partial charge < -0.3 is 19.8 Å². The van der Waals surface area contributed by atoms with Crippen LogP contribution in [0.2, 0.25) is 0 Å². The van der Waals surface area contributed by atoms with E-state index in [1.54, 1.807) is 6.92 Å². The average Bonchev–Trinajstić information content (AvgIpc) is 2.85. The molecule has 0 aromatic carbocycles. The molecule has 0 fully saturated rings. The van der Waals surface area contributed by atoms with Gasteiger partial charge in [0.25, 0.3) is 0 Å². The summed E-state index contributed by atoms with van der Waals surface area (Å²) in [7, 11) is 0. The predicted octanol–water partition coefficient (Wildman–Crippen LogP) is 9.07. The van der Waals surface area contributed by atoms with Crippen molar-refractivity contribution < 1.29 is 14.4 Å². The molecule has 0 saturated carbocycles. The van der Waals surface area contributed by atoms with Gasteiger partial charge in [0, 0.05) is 55.7 Å². The summed E-state index contributed by atoms with van der Waals surface area (Å²) in [5.74, 6) is 0.576. The summed E-state index contributed by atoms with van der Waals surface area (Å²) in [6.45, 7) is 32.0. The van der Waals surface area contributed by atoms with Crippen LogP contribution in [0.1, 0.15) is 146 Å². The predicted molar refractivity (Wildman–Crippen MR) is 173 cm³/mol. The smallest absolute Gasteiger partial charge is 0.139 e. The number of aldehydes is 1. The molecule has 0 aliphatic heterocycles. The number of nitrogens with one attached hydrogen (secondary N) is 1. The van der Waals surface area contributed by atoms with Gasteiger partial charge in [0.05, 0.1) is 0 Å². The molecule has 0 radical (unpaired) electrons. The maximum absolute atomic E-state index is 13.4. The van der Waals surface area contributed by atoms with Crippen LogP contribution in [0.4, 0.5) is 0 Å². The van der Waals surface area contributed by atoms with Crippen LogP contribution in [0.3, 0.4) is 0 Å². The number of allylic oxidation sites excluding steroid dienone is 2. The quantitative estimate of drug-likeness (QED) is 0.105. The fourth-order valence-corrected chi connectivity index (χ4v) is 4.98. The standard InChI is InChI=1S/C33H60N2O3.C2H6/c1-27(20-21-29(3)37)34-22-14-11-12-15-23-35(28(2)18-17-25-36)24-16-13-19-30(38)33(10,32(7,8)9)26-31(4,5)6;1-2/h25,34H,1-2,11-24,26H2,3-10H3;1-2H3. The van der Waals surface area contributed by atoms with Gasteiger partial charge in [-0.05, 0) is 62.7 Å². The molecule has 0 spiro atoms. The summed E-state index contributed by atoms with van der Waals surface area (Å²) < 4.78 is 0. The van der Waals surface area contributed by atoms with Crippen LogP contribution < -0.4 is 5.32 Å². The fourth-order valence-electron chi connectivity index (χ4n) is 4.98. The molecule has 0 aliphatic carbocycles. The van der Waals surface area contributed by atoms with E-state index in [1.807, 2.05) is 13.8 Å². The molecule has 1 unspecified atom stereocenters. The summed E-state index contributed by atoms with van der Waals surface area (Å²) in [6.07, 6.45) is 11.2. The molecule has 0 saturated heterocycles. The minimum atomic E-state index is -0.340. The maximum atomic E-state index is 13.4. The van der Waals surface area contributed by atoms with E-state index in [0.29, 0.717) is 37.9 Å². The van der Waals surface area contributed by atoms with Crippen molar-refractivity contribution in [1.29, 1.82) is 0 Å². The van der Waals surface area contributed by atoms with Gasteiger partial charge in [-0.2, -0.15) is 0 Å². The molecule has 0 amide bonds. The molecule has 5 nitrogen and oxygen atoms in total. The lowest BCUT2D eigenvalue weighted by molar-refractivity contribution is -0.136. The Morgan fingerprint density at radius 1 is 0.775 bits per heavy atom. The van der Waals surface area contributed by atoms with E-state index < -0.39 is 0 Å². The SMILES string of the molecule is C=C(CCC(C)=O)NCCCCCCN(CCCCC(=O)C(C)(CC(C)(C)C)C(C)(C)C)C(=C)CCC=O.CC. The Kier molecular flexibility index (Phi) is 21.0. The van der Waals surface area contributed by atoms with E-state index >= 15 is 0 Å². The molecule has 0 aromatic heterocycles. The van der Waals surface area contributed by atoms with Crippen LogP contribution in [0.15, 0.2) is 24.6 Å². The third-order valence-electron chi connectivity index (χ3n) is 7.74. The highest BCUT2D eigenvalue weighted by atomic mass is 16.1. The van der Waals surface area contributed by atoms with Crippen molar-refractivity contribution in [3.05, 3.63) is 24.6 Å². The summed E-state index contributed by atoms with van der Waals surface area (Å²) in [6, 6.07) is 0. The Bertz CT molecular complexity index is 758. The molecule has 234 valence electrons. The number of nitrogens with zero attached hydrogens (tertiary/aromatic N) is 1. The number of hydrogen-bond donors (Lipinski definition) is 1. The van der Waals surface area contributed by atoms with Gasteiger partial charge in [-0.3, -0.25) is 4.79 Å². The van der Waals surface area contributed by atoms with Crippen molar-refractivity contribution in [1.82, 2.24) is 10.2 Å². The van der Waals surface area contributed by atoms with Crippen molar-refractivity contribution in [2.75, 3.05) is 19.6 Å². The van der Waals surface area contributed by atoms with Crippen LogP contribution >= 0.6 is 0 Å².